The van der Waals surface area contributed by atoms with Crippen molar-refractivity contribution in [3.63, 3.8) is 0 Å². The maximum atomic E-state index is 14.0. The number of nitrogens with one attached hydrogen (secondary N) is 1. The molecule has 3 aromatic rings. The van der Waals surface area contributed by atoms with E-state index >= 15 is 0 Å². The van der Waals surface area contributed by atoms with Gasteiger partial charge in [0.1, 0.15) is 18.3 Å². The van der Waals surface area contributed by atoms with E-state index in [9.17, 15) is 18.0 Å². The standard InChI is InChI=1S/C30H36ClN3O5S/c1-21-15-16-24(18-27(21)31)34(40(37,38)26-13-8-7-9-14-26)20-28(35)33(22(2)29(36)32-30(3,4)5)19-23-11-10-12-25(17-23)39-6/h7-18,22H,19-20H2,1-6H3,(H,32,36)/t22-/m1/s1. The summed E-state index contributed by atoms with van der Waals surface area (Å²) < 4.78 is 34.0. The summed E-state index contributed by atoms with van der Waals surface area (Å²) in [5, 5.41) is 3.28. The molecular weight excluding hydrogens is 550 g/mol. The average molecular weight is 586 g/mol. The third-order valence-electron chi connectivity index (χ3n) is 6.21. The van der Waals surface area contributed by atoms with Crippen LogP contribution < -0.4 is 14.4 Å². The van der Waals surface area contributed by atoms with Crippen molar-refractivity contribution in [3.8, 4) is 5.75 Å². The van der Waals surface area contributed by atoms with Crippen molar-refractivity contribution in [1.29, 1.82) is 0 Å². The molecule has 8 nitrogen and oxygen atoms in total. The SMILES string of the molecule is COc1cccc(CN(C(=O)CN(c2ccc(C)c(Cl)c2)S(=O)(=O)c2ccccc2)[C@H](C)C(=O)NC(C)(C)C)c1. The average Bonchev–Trinajstić information content (AvgIpc) is 2.91. The van der Waals surface area contributed by atoms with Crippen LogP contribution in [-0.2, 0) is 26.2 Å². The molecule has 0 aromatic heterocycles. The highest BCUT2D eigenvalue weighted by Gasteiger charge is 2.33. The Morgan fingerprint density at radius 1 is 1.00 bits per heavy atom. The highest BCUT2D eigenvalue weighted by Crippen LogP contribution is 2.28. The minimum absolute atomic E-state index is 0.0253. The van der Waals surface area contributed by atoms with E-state index in [2.05, 4.69) is 5.32 Å². The summed E-state index contributed by atoms with van der Waals surface area (Å²) in [6.07, 6.45) is 0. The van der Waals surface area contributed by atoms with Crippen molar-refractivity contribution in [2.75, 3.05) is 18.0 Å². The summed E-state index contributed by atoms with van der Waals surface area (Å²) in [4.78, 5) is 28.6. The molecule has 3 rings (SSSR count). The van der Waals surface area contributed by atoms with E-state index in [1.807, 2.05) is 26.8 Å². The van der Waals surface area contributed by atoms with Crippen LogP contribution >= 0.6 is 11.6 Å². The lowest BCUT2D eigenvalue weighted by Gasteiger charge is -2.33. The first-order valence-electron chi connectivity index (χ1n) is 12.8. The summed E-state index contributed by atoms with van der Waals surface area (Å²) in [7, 11) is -2.62. The van der Waals surface area contributed by atoms with Crippen LogP contribution in [0.2, 0.25) is 5.02 Å². The quantitative estimate of drug-likeness (QED) is 0.353. The third kappa shape index (κ3) is 7.76. The minimum Gasteiger partial charge on any atom is -0.497 e. The monoisotopic (exact) mass is 585 g/mol. The largest absolute Gasteiger partial charge is 0.497 e. The third-order valence-corrected chi connectivity index (χ3v) is 8.40. The zero-order chi connectivity index (χ0) is 29.7. The fourth-order valence-electron chi connectivity index (χ4n) is 4.01. The summed E-state index contributed by atoms with van der Waals surface area (Å²) in [6, 6.07) is 19.0. The lowest BCUT2D eigenvalue weighted by atomic mass is 10.1. The van der Waals surface area contributed by atoms with Crippen molar-refractivity contribution >= 4 is 39.1 Å². The number of methoxy groups -OCH3 is 1. The normalized spacial score (nSPS) is 12.4. The highest BCUT2D eigenvalue weighted by molar-refractivity contribution is 7.92. The molecule has 0 bridgehead atoms. The fourth-order valence-corrected chi connectivity index (χ4v) is 5.61. The zero-order valence-electron chi connectivity index (χ0n) is 23.6. The van der Waals surface area contributed by atoms with Crippen molar-refractivity contribution in [2.24, 2.45) is 0 Å². The van der Waals surface area contributed by atoms with Gasteiger partial charge in [-0.25, -0.2) is 8.42 Å². The molecule has 1 atom stereocenters. The van der Waals surface area contributed by atoms with Gasteiger partial charge in [0.05, 0.1) is 17.7 Å². The van der Waals surface area contributed by atoms with E-state index in [1.165, 1.54) is 23.1 Å². The molecule has 0 fully saturated rings. The number of halogens is 1. The lowest BCUT2D eigenvalue weighted by Crippen LogP contribution is -2.54. The molecule has 0 spiro atoms. The molecule has 2 amide bonds. The van der Waals surface area contributed by atoms with Gasteiger partial charge in [-0.1, -0.05) is 48.0 Å². The van der Waals surface area contributed by atoms with Crippen molar-refractivity contribution in [3.05, 3.63) is 88.9 Å². The van der Waals surface area contributed by atoms with Gasteiger partial charge in [0.15, 0.2) is 0 Å². The van der Waals surface area contributed by atoms with Crippen LogP contribution in [0.3, 0.4) is 0 Å². The molecule has 0 heterocycles. The molecule has 0 saturated carbocycles. The van der Waals surface area contributed by atoms with Gasteiger partial charge in [-0.3, -0.25) is 13.9 Å². The van der Waals surface area contributed by atoms with Crippen molar-refractivity contribution < 1.29 is 22.7 Å². The molecular formula is C30H36ClN3O5S. The lowest BCUT2D eigenvalue weighted by molar-refractivity contribution is -0.140. The first kappa shape index (κ1) is 31.0. The molecule has 0 aliphatic carbocycles. The van der Waals surface area contributed by atoms with Gasteiger partial charge in [0.25, 0.3) is 10.0 Å². The maximum Gasteiger partial charge on any atom is 0.264 e. The number of aryl methyl sites for hydroxylation is 1. The van der Waals surface area contributed by atoms with Gasteiger partial charge in [-0.2, -0.15) is 0 Å². The number of nitrogens with zero attached hydrogens (tertiary/aromatic N) is 2. The first-order valence-corrected chi connectivity index (χ1v) is 14.6. The van der Waals surface area contributed by atoms with Crippen LogP contribution in [0.25, 0.3) is 0 Å². The number of hydrogen-bond donors (Lipinski definition) is 1. The van der Waals surface area contributed by atoms with Gasteiger partial charge in [-0.05, 0) is 82.1 Å². The van der Waals surface area contributed by atoms with Crippen LogP contribution in [0.1, 0.15) is 38.8 Å². The predicted molar refractivity (Wildman–Crippen MR) is 158 cm³/mol. The van der Waals surface area contributed by atoms with Crippen LogP contribution in [0.15, 0.2) is 77.7 Å². The Morgan fingerprint density at radius 3 is 2.27 bits per heavy atom. The molecule has 0 aliphatic heterocycles. The van der Waals surface area contributed by atoms with Crippen LogP contribution in [0.5, 0.6) is 5.75 Å². The second-order valence-corrected chi connectivity index (χ2v) is 12.8. The summed E-state index contributed by atoms with van der Waals surface area (Å²) in [5.74, 6) is -0.325. The van der Waals surface area contributed by atoms with Crippen molar-refractivity contribution in [1.82, 2.24) is 10.2 Å². The molecule has 1 N–H and O–H groups in total. The summed E-state index contributed by atoms with van der Waals surface area (Å²) in [5.41, 5.74) is 1.19. The van der Waals surface area contributed by atoms with Gasteiger partial charge in [0, 0.05) is 17.1 Å². The minimum atomic E-state index is -4.16. The number of ether oxygens (including phenoxy) is 1. The Kier molecular flexibility index (Phi) is 9.87. The van der Waals surface area contributed by atoms with E-state index in [-0.39, 0.29) is 23.0 Å². The predicted octanol–water partition coefficient (Wildman–Crippen LogP) is 5.18. The molecule has 40 heavy (non-hydrogen) atoms. The Bertz CT molecular complexity index is 1460. The summed E-state index contributed by atoms with van der Waals surface area (Å²) >= 11 is 6.36. The number of carbonyl (C=O) groups excluding carboxylic acids is 2. The smallest absolute Gasteiger partial charge is 0.264 e. The molecule has 0 aliphatic rings. The van der Waals surface area contributed by atoms with Gasteiger partial charge in [0.2, 0.25) is 11.8 Å². The van der Waals surface area contributed by atoms with Crippen LogP contribution in [0, 0.1) is 6.92 Å². The second kappa shape index (κ2) is 12.7. The number of benzene rings is 3. The Balaban J connectivity index is 2.06. The van der Waals surface area contributed by atoms with Gasteiger partial charge < -0.3 is 15.0 Å². The number of hydrogen-bond acceptors (Lipinski definition) is 5. The van der Waals surface area contributed by atoms with Crippen molar-refractivity contribution in [2.45, 2.75) is 57.6 Å². The highest BCUT2D eigenvalue weighted by atomic mass is 35.5. The summed E-state index contributed by atoms with van der Waals surface area (Å²) in [6.45, 7) is 8.48. The van der Waals surface area contributed by atoms with E-state index in [0.717, 1.165) is 15.4 Å². The number of amides is 2. The molecule has 0 saturated heterocycles. The van der Waals surface area contributed by atoms with Crippen LogP contribution in [0.4, 0.5) is 5.69 Å². The van der Waals surface area contributed by atoms with E-state index in [4.69, 9.17) is 16.3 Å². The maximum absolute atomic E-state index is 14.0. The number of sulfonamides is 1. The fraction of sp³-hybridized carbons (Fsp3) is 0.333. The number of carbonyl (C=O) groups is 2. The zero-order valence-corrected chi connectivity index (χ0v) is 25.2. The molecule has 0 unspecified atom stereocenters. The second-order valence-electron chi connectivity index (χ2n) is 10.5. The molecule has 3 aromatic carbocycles. The number of rotatable bonds is 10. The molecule has 0 radical (unpaired) electrons. The van der Waals surface area contributed by atoms with Gasteiger partial charge in [-0.15, -0.1) is 0 Å². The van der Waals surface area contributed by atoms with E-state index in [0.29, 0.717) is 10.8 Å². The molecule has 10 heteroatoms. The van der Waals surface area contributed by atoms with E-state index < -0.39 is 34.1 Å². The topological polar surface area (TPSA) is 96.0 Å². The van der Waals surface area contributed by atoms with E-state index in [1.54, 1.807) is 69.5 Å². The molecule has 214 valence electrons. The first-order chi connectivity index (χ1) is 18.7. The Hall–Kier alpha value is -3.56. The number of anilines is 1. The van der Waals surface area contributed by atoms with Crippen LogP contribution in [-0.4, -0.2) is 50.4 Å². The Labute approximate surface area is 241 Å². The Morgan fingerprint density at radius 2 is 1.68 bits per heavy atom. The van der Waals surface area contributed by atoms with Gasteiger partial charge >= 0.3 is 0 Å².